The zero-order chi connectivity index (χ0) is 27.5. The van der Waals surface area contributed by atoms with Crippen molar-refractivity contribution >= 4 is 29.3 Å². The molecule has 0 radical (unpaired) electrons. The number of nitrogens with zero attached hydrogens (tertiary/aromatic N) is 4. The Morgan fingerprint density at radius 3 is 2.87 bits per heavy atom. The highest BCUT2D eigenvalue weighted by molar-refractivity contribution is 5.93. The number of likely N-dealkylation sites (N-methyl/N-ethyl adjacent to an activating group) is 1. The second kappa shape index (κ2) is 14.0. The highest BCUT2D eigenvalue weighted by Crippen LogP contribution is 2.21. The third kappa shape index (κ3) is 8.52. The zero-order valence-corrected chi connectivity index (χ0v) is 21.8. The van der Waals surface area contributed by atoms with Gasteiger partial charge in [-0.3, -0.25) is 9.59 Å². The van der Waals surface area contributed by atoms with Crippen LogP contribution in [0.2, 0.25) is 0 Å². The summed E-state index contributed by atoms with van der Waals surface area (Å²) in [6, 6.07) is 5.17. The molecule has 202 valence electrons. The maximum atomic E-state index is 14.0. The smallest absolute Gasteiger partial charge is 0.247 e. The van der Waals surface area contributed by atoms with Crippen LogP contribution in [0.5, 0.6) is 0 Å². The van der Waals surface area contributed by atoms with Crippen LogP contribution in [0.15, 0.2) is 42.6 Å². The fraction of sp³-hybridized carbons (Fsp3) is 0.407. The minimum atomic E-state index is -1.22. The molecule has 1 saturated heterocycles. The summed E-state index contributed by atoms with van der Waals surface area (Å²) in [4.78, 5) is 36.8. The highest BCUT2D eigenvalue weighted by atomic mass is 19.1. The normalized spacial score (nSPS) is 16.8. The molecule has 0 aliphatic carbocycles. The number of likely N-dealkylation sites (tertiary alicyclic amines) is 1. The first kappa shape index (κ1) is 28.5. The number of rotatable bonds is 10. The monoisotopic (exact) mass is 525 g/mol. The van der Waals surface area contributed by atoms with Gasteiger partial charge >= 0.3 is 0 Å². The molecule has 1 aromatic heterocycles. The largest absolute Gasteiger partial charge is 0.372 e. The molecule has 0 unspecified atom stereocenters. The van der Waals surface area contributed by atoms with Gasteiger partial charge in [0, 0.05) is 44.7 Å². The van der Waals surface area contributed by atoms with E-state index in [4.69, 9.17) is 0 Å². The molecule has 2 aromatic rings. The third-order valence-electron chi connectivity index (χ3n) is 5.67. The molecule has 1 aromatic carbocycles. The van der Waals surface area contributed by atoms with Crippen molar-refractivity contribution < 1.29 is 18.4 Å². The lowest BCUT2D eigenvalue weighted by atomic mass is 10.2. The van der Waals surface area contributed by atoms with E-state index in [-0.39, 0.29) is 30.6 Å². The van der Waals surface area contributed by atoms with Gasteiger partial charge in [0.15, 0.2) is 0 Å². The predicted molar refractivity (Wildman–Crippen MR) is 143 cm³/mol. The van der Waals surface area contributed by atoms with Gasteiger partial charge in [0.05, 0.1) is 18.3 Å². The lowest BCUT2D eigenvalue weighted by Gasteiger charge is -2.22. The highest BCUT2D eigenvalue weighted by Gasteiger charge is 2.38. The molecule has 38 heavy (non-hydrogen) atoms. The number of aromatic nitrogens is 2. The molecule has 2 heterocycles. The van der Waals surface area contributed by atoms with Gasteiger partial charge in [-0.15, -0.1) is 0 Å². The van der Waals surface area contributed by atoms with Crippen molar-refractivity contribution in [2.45, 2.75) is 31.5 Å². The topological polar surface area (TPSA) is 102 Å². The van der Waals surface area contributed by atoms with Gasteiger partial charge in [-0.1, -0.05) is 24.0 Å². The fourth-order valence-electron chi connectivity index (χ4n) is 3.82. The van der Waals surface area contributed by atoms with Gasteiger partial charge in [0.2, 0.25) is 17.8 Å². The summed E-state index contributed by atoms with van der Waals surface area (Å²) >= 11 is 0. The van der Waals surface area contributed by atoms with Crippen LogP contribution in [0.3, 0.4) is 0 Å². The van der Waals surface area contributed by atoms with Crippen LogP contribution in [0.25, 0.3) is 0 Å². The Morgan fingerprint density at radius 2 is 2.13 bits per heavy atom. The van der Waals surface area contributed by atoms with Gasteiger partial charge in [0.1, 0.15) is 23.8 Å². The van der Waals surface area contributed by atoms with E-state index >= 15 is 0 Å². The van der Waals surface area contributed by atoms with Crippen LogP contribution >= 0.6 is 0 Å². The van der Waals surface area contributed by atoms with Crippen LogP contribution in [0.4, 0.5) is 26.2 Å². The Morgan fingerprint density at radius 1 is 1.32 bits per heavy atom. The number of hydrogen-bond acceptors (Lipinski definition) is 7. The van der Waals surface area contributed by atoms with Gasteiger partial charge in [-0.25, -0.2) is 13.8 Å². The Hall–Kier alpha value is -4.04. The summed E-state index contributed by atoms with van der Waals surface area (Å²) in [5.74, 6) is 5.78. The molecule has 9 nitrogen and oxygen atoms in total. The minimum Gasteiger partial charge on any atom is -0.372 e. The Kier molecular flexibility index (Phi) is 10.5. The Bertz CT molecular complexity index is 1210. The lowest BCUT2D eigenvalue weighted by Crippen LogP contribution is -2.45. The maximum Gasteiger partial charge on any atom is 0.247 e. The number of unbranched alkanes of at least 4 members (excludes halogenated alkanes) is 1. The van der Waals surface area contributed by atoms with Gasteiger partial charge in [-0.05, 0) is 38.7 Å². The van der Waals surface area contributed by atoms with Gasteiger partial charge in [0.25, 0.3) is 0 Å². The molecule has 0 bridgehead atoms. The van der Waals surface area contributed by atoms with Crippen molar-refractivity contribution in [2.24, 2.45) is 0 Å². The molecule has 1 aliphatic heterocycles. The number of carbonyl (C=O) groups is 2. The van der Waals surface area contributed by atoms with Crippen molar-refractivity contribution in [3.8, 4) is 11.8 Å². The van der Waals surface area contributed by atoms with Crippen molar-refractivity contribution in [3.05, 3.63) is 54.0 Å². The van der Waals surface area contributed by atoms with Crippen LogP contribution in [-0.4, -0.2) is 84.6 Å². The average Bonchev–Trinajstić information content (AvgIpc) is 3.28. The predicted octanol–water partition coefficient (Wildman–Crippen LogP) is 2.71. The minimum absolute atomic E-state index is 0.00421. The van der Waals surface area contributed by atoms with E-state index in [1.54, 1.807) is 31.5 Å². The van der Waals surface area contributed by atoms with E-state index in [1.165, 1.54) is 23.1 Å². The first-order chi connectivity index (χ1) is 18.3. The van der Waals surface area contributed by atoms with E-state index in [0.717, 1.165) is 0 Å². The molecule has 2 amide bonds. The SMILES string of the molecule is CNc1nc(Nc2cccc(F)c2)ncc1C#CCCCNC(=O)[C@@H]1C[C@H](F)CN1C(=O)/C=C/CN(C)C. The molecule has 0 saturated carbocycles. The standard InChI is InChI=1S/C27H33F2N7O2/c1-30-25-19(17-32-27(34-25)33-22-11-7-10-20(28)15-22)9-5-4-6-13-31-26(38)23-16-21(29)18-36(23)24(37)12-8-14-35(2)3/h7-8,10-12,15,17,21,23H,4,6,13-14,16,18H2,1-3H3,(H,31,38)(H2,30,32,33,34)/b12-8+/t21-,23-/m0/s1. The van der Waals surface area contributed by atoms with Crippen molar-refractivity contribution in [1.82, 2.24) is 25.1 Å². The Labute approximate surface area is 221 Å². The van der Waals surface area contributed by atoms with Crippen LogP contribution in [0.1, 0.15) is 24.8 Å². The first-order valence-corrected chi connectivity index (χ1v) is 12.4. The number of carbonyl (C=O) groups excluding carboxylic acids is 2. The van der Waals surface area contributed by atoms with E-state index < -0.39 is 12.2 Å². The Balaban J connectivity index is 1.48. The lowest BCUT2D eigenvalue weighted by molar-refractivity contribution is -0.135. The van der Waals surface area contributed by atoms with E-state index in [1.807, 2.05) is 19.0 Å². The number of halogens is 2. The van der Waals surface area contributed by atoms with Crippen molar-refractivity contribution in [2.75, 3.05) is 51.4 Å². The number of alkyl halides is 1. The summed E-state index contributed by atoms with van der Waals surface area (Å²) in [7, 11) is 5.47. The van der Waals surface area contributed by atoms with E-state index in [0.29, 0.717) is 48.9 Å². The molecular formula is C27H33F2N7O2. The second-order valence-electron chi connectivity index (χ2n) is 9.04. The molecule has 1 aliphatic rings. The quantitative estimate of drug-likeness (QED) is 0.249. The van der Waals surface area contributed by atoms with Crippen LogP contribution in [-0.2, 0) is 9.59 Å². The number of nitrogens with one attached hydrogen (secondary N) is 3. The molecule has 1 fully saturated rings. The maximum absolute atomic E-state index is 14.0. The molecule has 3 rings (SSSR count). The fourth-order valence-corrected chi connectivity index (χ4v) is 3.82. The van der Waals surface area contributed by atoms with E-state index in [9.17, 15) is 18.4 Å². The number of amides is 2. The van der Waals surface area contributed by atoms with E-state index in [2.05, 4.69) is 37.8 Å². The van der Waals surface area contributed by atoms with Gasteiger partial charge < -0.3 is 25.8 Å². The summed E-state index contributed by atoms with van der Waals surface area (Å²) in [5, 5.41) is 8.71. The number of anilines is 3. The average molecular weight is 526 g/mol. The number of hydrogen-bond donors (Lipinski definition) is 3. The second-order valence-corrected chi connectivity index (χ2v) is 9.04. The first-order valence-electron chi connectivity index (χ1n) is 12.4. The zero-order valence-electron chi connectivity index (χ0n) is 21.8. The summed E-state index contributed by atoms with van der Waals surface area (Å²) in [6.07, 6.45) is 4.51. The van der Waals surface area contributed by atoms with Gasteiger partial charge in [-0.2, -0.15) is 4.98 Å². The summed E-state index contributed by atoms with van der Waals surface area (Å²) < 4.78 is 27.4. The van der Waals surface area contributed by atoms with Crippen LogP contribution in [0, 0.1) is 17.7 Å². The summed E-state index contributed by atoms with van der Waals surface area (Å²) in [5.41, 5.74) is 1.12. The molecule has 2 atom stereocenters. The molecular weight excluding hydrogens is 492 g/mol. The molecule has 3 N–H and O–H groups in total. The van der Waals surface area contributed by atoms with Crippen LogP contribution < -0.4 is 16.0 Å². The summed E-state index contributed by atoms with van der Waals surface area (Å²) in [6.45, 7) is 0.848. The molecule has 11 heteroatoms. The van der Waals surface area contributed by atoms with Crippen molar-refractivity contribution in [1.29, 1.82) is 0 Å². The molecule has 0 spiro atoms. The third-order valence-corrected chi connectivity index (χ3v) is 5.67. The van der Waals surface area contributed by atoms with Crippen molar-refractivity contribution in [3.63, 3.8) is 0 Å². The number of benzene rings is 1.